The Morgan fingerprint density at radius 2 is 1.71 bits per heavy atom. The van der Waals surface area contributed by atoms with Crippen molar-refractivity contribution in [1.82, 2.24) is 0 Å². The topological polar surface area (TPSA) is 9.23 Å². The number of rotatable bonds is 3. The summed E-state index contributed by atoms with van der Waals surface area (Å²) >= 11 is 12.2. The molecule has 106 valence electrons. The van der Waals surface area contributed by atoms with Gasteiger partial charge in [-0.3, -0.25) is 0 Å². The van der Waals surface area contributed by atoms with Gasteiger partial charge in [-0.1, -0.05) is 54.1 Å². The highest BCUT2D eigenvalue weighted by Crippen LogP contribution is 2.35. The predicted molar refractivity (Wildman–Crippen MR) is 90.5 cm³/mol. The molecule has 0 saturated carbocycles. The zero-order chi connectivity index (χ0) is 14.8. The van der Waals surface area contributed by atoms with E-state index in [0.717, 1.165) is 38.2 Å². The zero-order valence-electron chi connectivity index (χ0n) is 11.6. The van der Waals surface area contributed by atoms with Gasteiger partial charge in [0.25, 0.3) is 0 Å². The van der Waals surface area contributed by atoms with Crippen LogP contribution >= 0.6 is 23.2 Å². The number of hydrogen-bond donors (Lipinski definition) is 0. The molecule has 0 radical (unpaired) electrons. The van der Waals surface area contributed by atoms with Gasteiger partial charge in [-0.2, -0.15) is 0 Å². The van der Waals surface area contributed by atoms with E-state index < -0.39 is 0 Å². The minimum absolute atomic E-state index is 0.435. The summed E-state index contributed by atoms with van der Waals surface area (Å²) in [5.41, 5.74) is 3.21. The molecule has 0 aromatic heterocycles. The number of methoxy groups -OCH3 is 1. The molecular weight excluding hydrogens is 303 g/mol. The van der Waals surface area contributed by atoms with Gasteiger partial charge in [0.15, 0.2) is 0 Å². The average Bonchev–Trinajstić information content (AvgIpc) is 2.55. The molecule has 3 aromatic rings. The summed E-state index contributed by atoms with van der Waals surface area (Å²) in [5, 5.41) is 2.95. The minimum atomic E-state index is 0.435. The molecule has 0 aliphatic heterocycles. The molecule has 0 unspecified atom stereocenters. The Labute approximate surface area is 134 Å². The molecule has 0 atom stereocenters. The van der Waals surface area contributed by atoms with Gasteiger partial charge in [0.1, 0.15) is 5.75 Å². The second-order valence-electron chi connectivity index (χ2n) is 4.80. The van der Waals surface area contributed by atoms with Crippen molar-refractivity contribution in [2.24, 2.45) is 0 Å². The maximum atomic E-state index is 6.28. The van der Waals surface area contributed by atoms with Gasteiger partial charge in [0.05, 0.1) is 13.0 Å². The van der Waals surface area contributed by atoms with Gasteiger partial charge in [0, 0.05) is 16.0 Å². The Kier molecular flexibility index (Phi) is 4.05. The lowest BCUT2D eigenvalue weighted by atomic mass is 9.97. The van der Waals surface area contributed by atoms with E-state index in [4.69, 9.17) is 27.9 Å². The van der Waals surface area contributed by atoms with Gasteiger partial charge < -0.3 is 4.74 Å². The molecule has 0 N–H and O–H groups in total. The van der Waals surface area contributed by atoms with Crippen molar-refractivity contribution in [1.29, 1.82) is 0 Å². The quantitative estimate of drug-likeness (QED) is 0.546. The fraction of sp³-hybridized carbons (Fsp3) is 0.111. The van der Waals surface area contributed by atoms with Crippen molar-refractivity contribution in [2.45, 2.75) is 5.88 Å². The number of ether oxygens (including phenoxy) is 1. The lowest BCUT2D eigenvalue weighted by Crippen LogP contribution is -1.91. The molecule has 3 aromatic carbocycles. The Morgan fingerprint density at radius 3 is 2.43 bits per heavy atom. The molecule has 0 aliphatic rings. The lowest BCUT2D eigenvalue weighted by Gasteiger charge is -2.12. The normalized spacial score (nSPS) is 10.8. The van der Waals surface area contributed by atoms with Crippen molar-refractivity contribution < 1.29 is 4.74 Å². The molecule has 0 saturated heterocycles. The molecular formula is C18H14Cl2O. The van der Waals surface area contributed by atoms with Crippen LogP contribution in [0.3, 0.4) is 0 Å². The van der Waals surface area contributed by atoms with Crippen LogP contribution < -0.4 is 4.74 Å². The predicted octanol–water partition coefficient (Wildman–Crippen LogP) is 5.91. The molecule has 1 nitrogen and oxygen atoms in total. The van der Waals surface area contributed by atoms with Crippen LogP contribution in [0.5, 0.6) is 5.75 Å². The third-order valence-corrected chi connectivity index (χ3v) is 4.23. The summed E-state index contributed by atoms with van der Waals surface area (Å²) in [6, 6.07) is 18.2. The highest BCUT2D eigenvalue weighted by atomic mass is 35.5. The summed E-state index contributed by atoms with van der Waals surface area (Å²) < 4.78 is 5.42. The van der Waals surface area contributed by atoms with E-state index in [1.807, 2.05) is 42.5 Å². The molecule has 0 bridgehead atoms. The van der Waals surface area contributed by atoms with Gasteiger partial charge in [-0.15, -0.1) is 11.6 Å². The minimum Gasteiger partial charge on any atom is -0.496 e. The molecule has 21 heavy (non-hydrogen) atoms. The Balaban J connectivity index is 2.23. The van der Waals surface area contributed by atoms with Gasteiger partial charge >= 0.3 is 0 Å². The fourth-order valence-corrected chi connectivity index (χ4v) is 2.99. The maximum Gasteiger partial charge on any atom is 0.123 e. The Hall–Kier alpha value is -1.70. The highest BCUT2D eigenvalue weighted by molar-refractivity contribution is 6.36. The number of hydrogen-bond acceptors (Lipinski definition) is 1. The van der Waals surface area contributed by atoms with Gasteiger partial charge in [-0.05, 0) is 28.6 Å². The van der Waals surface area contributed by atoms with Crippen molar-refractivity contribution in [3.63, 3.8) is 0 Å². The number of fused-ring (bicyclic) bond motifs is 1. The van der Waals surface area contributed by atoms with Gasteiger partial charge in [0.2, 0.25) is 0 Å². The summed E-state index contributed by atoms with van der Waals surface area (Å²) in [7, 11) is 1.66. The van der Waals surface area contributed by atoms with E-state index >= 15 is 0 Å². The maximum absolute atomic E-state index is 6.28. The van der Waals surface area contributed by atoms with E-state index in [1.54, 1.807) is 7.11 Å². The van der Waals surface area contributed by atoms with E-state index in [9.17, 15) is 0 Å². The van der Waals surface area contributed by atoms with Crippen LogP contribution in [0.4, 0.5) is 0 Å². The van der Waals surface area contributed by atoms with E-state index in [2.05, 4.69) is 12.1 Å². The Morgan fingerprint density at radius 1 is 0.952 bits per heavy atom. The molecule has 0 aliphatic carbocycles. The second kappa shape index (κ2) is 5.97. The summed E-state index contributed by atoms with van der Waals surface area (Å²) in [4.78, 5) is 0. The van der Waals surface area contributed by atoms with Crippen LogP contribution in [-0.2, 0) is 5.88 Å². The molecule has 3 heteroatoms. The zero-order valence-corrected chi connectivity index (χ0v) is 13.1. The van der Waals surface area contributed by atoms with Crippen LogP contribution in [0.2, 0.25) is 5.02 Å². The summed E-state index contributed by atoms with van der Waals surface area (Å²) in [5.74, 6) is 1.24. The summed E-state index contributed by atoms with van der Waals surface area (Å²) in [6.07, 6.45) is 0. The van der Waals surface area contributed by atoms with E-state index in [-0.39, 0.29) is 0 Å². The van der Waals surface area contributed by atoms with Crippen molar-refractivity contribution >= 4 is 34.0 Å². The van der Waals surface area contributed by atoms with E-state index in [1.165, 1.54) is 0 Å². The van der Waals surface area contributed by atoms with Gasteiger partial charge in [-0.25, -0.2) is 0 Å². The highest BCUT2D eigenvalue weighted by Gasteiger charge is 2.09. The van der Waals surface area contributed by atoms with Crippen LogP contribution in [0.15, 0.2) is 54.6 Å². The van der Waals surface area contributed by atoms with E-state index in [0.29, 0.717) is 5.88 Å². The van der Waals surface area contributed by atoms with Crippen LogP contribution in [0, 0.1) is 0 Å². The number of alkyl halides is 1. The second-order valence-corrected chi connectivity index (χ2v) is 5.48. The number of benzene rings is 3. The SMILES string of the molecule is COc1cc(-c2ccc(Cl)c3ccccc23)ccc1CCl. The first-order chi connectivity index (χ1) is 10.2. The fourth-order valence-electron chi connectivity index (χ4n) is 2.54. The smallest absolute Gasteiger partial charge is 0.123 e. The number of halogens is 2. The first kappa shape index (κ1) is 14.2. The Bertz CT molecular complexity index is 796. The molecule has 0 amide bonds. The lowest BCUT2D eigenvalue weighted by molar-refractivity contribution is 0.411. The molecule has 0 fully saturated rings. The molecule has 3 rings (SSSR count). The summed E-state index contributed by atoms with van der Waals surface area (Å²) in [6.45, 7) is 0. The van der Waals surface area contributed by atoms with Crippen molar-refractivity contribution in [2.75, 3.05) is 7.11 Å². The average molecular weight is 317 g/mol. The third kappa shape index (κ3) is 2.59. The van der Waals surface area contributed by atoms with Crippen LogP contribution in [0.1, 0.15) is 5.56 Å². The first-order valence-corrected chi connectivity index (χ1v) is 7.56. The van der Waals surface area contributed by atoms with Crippen LogP contribution in [-0.4, -0.2) is 7.11 Å². The van der Waals surface area contributed by atoms with Crippen molar-refractivity contribution in [3.05, 3.63) is 65.2 Å². The van der Waals surface area contributed by atoms with Crippen LogP contribution in [0.25, 0.3) is 21.9 Å². The third-order valence-electron chi connectivity index (χ3n) is 3.61. The first-order valence-electron chi connectivity index (χ1n) is 6.65. The van der Waals surface area contributed by atoms with Crippen molar-refractivity contribution in [3.8, 4) is 16.9 Å². The monoisotopic (exact) mass is 316 g/mol. The standard InChI is InChI=1S/C18H14Cl2O/c1-21-18-10-12(6-7-13(18)11-19)14-8-9-17(20)16-5-3-2-4-15(14)16/h2-10H,11H2,1H3. The molecule has 0 heterocycles. The largest absolute Gasteiger partial charge is 0.496 e. The molecule has 0 spiro atoms.